The first-order valence-electron chi connectivity index (χ1n) is 12.1. The average Bonchev–Trinajstić information content (AvgIpc) is 3.55. The number of aromatic nitrogens is 4. The molecule has 1 aromatic carbocycles. The third kappa shape index (κ3) is 5.92. The van der Waals surface area contributed by atoms with E-state index in [0.29, 0.717) is 35.6 Å². The minimum atomic E-state index is -3.48. The lowest BCUT2D eigenvalue weighted by molar-refractivity contribution is 0.292. The SMILES string of the molecule is CN(c1ncccc1Nc1cccn2nc(Nc3ccc(OCCC4CCCN4)cc3)nc12)S(C)(=O)=O. The van der Waals surface area contributed by atoms with Gasteiger partial charge in [-0.25, -0.2) is 17.9 Å². The van der Waals surface area contributed by atoms with Gasteiger partial charge in [0.2, 0.25) is 16.0 Å². The summed E-state index contributed by atoms with van der Waals surface area (Å²) in [5, 5.41) is 14.5. The van der Waals surface area contributed by atoms with Crippen LogP contribution < -0.4 is 25.0 Å². The lowest BCUT2D eigenvalue weighted by Gasteiger charge is -2.19. The number of hydrogen-bond donors (Lipinski definition) is 3. The van der Waals surface area contributed by atoms with Gasteiger partial charge < -0.3 is 20.7 Å². The topological polar surface area (TPSA) is 126 Å². The van der Waals surface area contributed by atoms with Crippen molar-refractivity contribution in [3.05, 3.63) is 60.9 Å². The number of nitrogens with one attached hydrogen (secondary N) is 3. The molecule has 0 spiro atoms. The molecule has 1 saturated heterocycles. The van der Waals surface area contributed by atoms with Gasteiger partial charge in [0.1, 0.15) is 5.75 Å². The molecule has 11 nitrogen and oxygen atoms in total. The Balaban J connectivity index is 1.28. The number of nitrogens with zero attached hydrogens (tertiary/aromatic N) is 5. The Morgan fingerprint density at radius 1 is 1.14 bits per heavy atom. The molecule has 5 rings (SSSR count). The van der Waals surface area contributed by atoms with E-state index in [-0.39, 0.29) is 5.82 Å². The van der Waals surface area contributed by atoms with E-state index in [2.05, 4.69) is 31.0 Å². The summed E-state index contributed by atoms with van der Waals surface area (Å²) in [6.07, 6.45) is 7.94. The lowest BCUT2D eigenvalue weighted by atomic mass is 10.2. The van der Waals surface area contributed by atoms with Crippen molar-refractivity contribution in [3.63, 3.8) is 0 Å². The minimum absolute atomic E-state index is 0.284. The van der Waals surface area contributed by atoms with Crippen molar-refractivity contribution < 1.29 is 13.2 Å². The molecule has 1 aliphatic heterocycles. The van der Waals surface area contributed by atoms with Gasteiger partial charge in [0.15, 0.2) is 11.5 Å². The molecule has 4 heterocycles. The highest BCUT2D eigenvalue weighted by Crippen LogP contribution is 2.29. The molecule has 1 aliphatic rings. The zero-order chi connectivity index (χ0) is 25.8. The molecule has 1 atom stereocenters. The van der Waals surface area contributed by atoms with E-state index in [1.807, 2.05) is 36.4 Å². The van der Waals surface area contributed by atoms with Crippen LogP contribution in [0.1, 0.15) is 19.3 Å². The van der Waals surface area contributed by atoms with Gasteiger partial charge in [0, 0.05) is 31.2 Å². The molecule has 0 saturated carbocycles. The molecule has 1 fully saturated rings. The van der Waals surface area contributed by atoms with Crippen LogP contribution in [0.2, 0.25) is 0 Å². The third-order valence-electron chi connectivity index (χ3n) is 6.22. The quantitative estimate of drug-likeness (QED) is 0.287. The molecule has 4 aromatic rings. The minimum Gasteiger partial charge on any atom is -0.494 e. The van der Waals surface area contributed by atoms with Crippen LogP contribution in [-0.2, 0) is 10.0 Å². The fraction of sp³-hybridized carbons (Fsp3) is 0.320. The zero-order valence-electron chi connectivity index (χ0n) is 20.8. The number of sulfonamides is 1. The van der Waals surface area contributed by atoms with E-state index in [1.54, 1.807) is 29.0 Å². The molecule has 3 N–H and O–H groups in total. The van der Waals surface area contributed by atoms with Crippen LogP contribution in [-0.4, -0.2) is 60.5 Å². The number of rotatable bonds is 10. The maximum absolute atomic E-state index is 12.1. The molecule has 0 radical (unpaired) electrons. The molecule has 0 bridgehead atoms. The number of hydrogen-bond acceptors (Lipinski definition) is 9. The summed E-state index contributed by atoms with van der Waals surface area (Å²) in [5.41, 5.74) is 2.59. The van der Waals surface area contributed by atoms with E-state index in [0.717, 1.165) is 35.0 Å². The van der Waals surface area contributed by atoms with Gasteiger partial charge in [-0.3, -0.25) is 4.31 Å². The number of fused-ring (bicyclic) bond motifs is 1. The van der Waals surface area contributed by atoms with E-state index < -0.39 is 10.0 Å². The van der Waals surface area contributed by atoms with Crippen molar-refractivity contribution in [2.24, 2.45) is 0 Å². The summed E-state index contributed by atoms with van der Waals surface area (Å²) >= 11 is 0. The summed E-state index contributed by atoms with van der Waals surface area (Å²) in [6.45, 7) is 1.79. The highest BCUT2D eigenvalue weighted by molar-refractivity contribution is 7.92. The zero-order valence-corrected chi connectivity index (χ0v) is 21.6. The molecular weight excluding hydrogens is 492 g/mol. The van der Waals surface area contributed by atoms with Crippen LogP contribution in [0.5, 0.6) is 5.75 Å². The van der Waals surface area contributed by atoms with Crippen molar-refractivity contribution >= 4 is 44.5 Å². The fourth-order valence-electron chi connectivity index (χ4n) is 4.19. The number of pyridine rings is 2. The van der Waals surface area contributed by atoms with Crippen molar-refractivity contribution in [2.75, 3.05) is 41.4 Å². The van der Waals surface area contributed by atoms with Crippen LogP contribution in [0.3, 0.4) is 0 Å². The van der Waals surface area contributed by atoms with Crippen LogP contribution in [0.25, 0.3) is 5.65 Å². The third-order valence-corrected chi connectivity index (χ3v) is 7.39. The predicted octanol–water partition coefficient (Wildman–Crippen LogP) is 3.53. The van der Waals surface area contributed by atoms with Crippen LogP contribution in [0.15, 0.2) is 60.9 Å². The summed E-state index contributed by atoms with van der Waals surface area (Å²) in [5.74, 6) is 1.53. The van der Waals surface area contributed by atoms with Gasteiger partial charge in [-0.15, -0.1) is 5.10 Å². The van der Waals surface area contributed by atoms with Gasteiger partial charge in [-0.1, -0.05) is 0 Å². The Hall–Kier alpha value is -3.90. The van der Waals surface area contributed by atoms with Gasteiger partial charge in [-0.2, -0.15) is 4.98 Å². The van der Waals surface area contributed by atoms with Crippen LogP contribution in [0.4, 0.5) is 28.8 Å². The Labute approximate surface area is 215 Å². The second kappa shape index (κ2) is 10.6. The summed E-state index contributed by atoms with van der Waals surface area (Å²) < 4.78 is 32.8. The molecule has 1 unspecified atom stereocenters. The molecule has 0 amide bonds. The summed E-state index contributed by atoms with van der Waals surface area (Å²) in [4.78, 5) is 8.87. The van der Waals surface area contributed by atoms with E-state index in [4.69, 9.17) is 4.74 Å². The normalized spacial score (nSPS) is 15.6. The number of benzene rings is 1. The van der Waals surface area contributed by atoms with Crippen molar-refractivity contribution in [2.45, 2.75) is 25.3 Å². The summed E-state index contributed by atoms with van der Waals surface area (Å²) in [7, 11) is -2.02. The Kier molecular flexibility index (Phi) is 7.10. The first-order valence-corrected chi connectivity index (χ1v) is 14.0. The highest BCUT2D eigenvalue weighted by Gasteiger charge is 2.18. The highest BCUT2D eigenvalue weighted by atomic mass is 32.2. The lowest BCUT2D eigenvalue weighted by Crippen LogP contribution is -2.26. The van der Waals surface area contributed by atoms with Crippen molar-refractivity contribution in [1.29, 1.82) is 0 Å². The predicted molar refractivity (Wildman–Crippen MR) is 145 cm³/mol. The molecule has 194 valence electrons. The number of anilines is 5. The molecule has 0 aliphatic carbocycles. The van der Waals surface area contributed by atoms with Gasteiger partial charge in [0.05, 0.1) is 24.2 Å². The first kappa shape index (κ1) is 24.8. The monoisotopic (exact) mass is 522 g/mol. The maximum atomic E-state index is 12.1. The molecule has 37 heavy (non-hydrogen) atoms. The Morgan fingerprint density at radius 2 is 1.95 bits per heavy atom. The van der Waals surface area contributed by atoms with Gasteiger partial charge in [0.25, 0.3) is 0 Å². The molecule has 3 aromatic heterocycles. The summed E-state index contributed by atoms with van der Waals surface area (Å²) in [6, 6.07) is 15.4. The van der Waals surface area contributed by atoms with E-state index in [9.17, 15) is 8.42 Å². The Morgan fingerprint density at radius 3 is 2.70 bits per heavy atom. The average molecular weight is 523 g/mol. The first-order chi connectivity index (χ1) is 17.9. The second-order valence-electron chi connectivity index (χ2n) is 8.94. The van der Waals surface area contributed by atoms with Crippen molar-refractivity contribution in [1.82, 2.24) is 24.9 Å². The van der Waals surface area contributed by atoms with Crippen LogP contribution in [0, 0.1) is 0 Å². The maximum Gasteiger partial charge on any atom is 0.247 e. The Bertz CT molecular complexity index is 1470. The second-order valence-corrected chi connectivity index (χ2v) is 10.9. The number of ether oxygens (including phenoxy) is 1. The van der Waals surface area contributed by atoms with Crippen molar-refractivity contribution in [3.8, 4) is 5.75 Å². The smallest absolute Gasteiger partial charge is 0.247 e. The van der Waals surface area contributed by atoms with Gasteiger partial charge in [-0.05, 0) is 74.3 Å². The fourth-order valence-corrected chi connectivity index (χ4v) is 4.65. The molecule has 12 heteroatoms. The van der Waals surface area contributed by atoms with E-state index >= 15 is 0 Å². The van der Waals surface area contributed by atoms with E-state index in [1.165, 1.54) is 19.9 Å². The molecular formula is C25H30N8O3S. The standard InChI is InChI=1S/C25H30N8O3S/c1-32(37(2,34)35)23-21(7-4-15-27-23)29-22-8-5-16-33-24(22)30-25(31-33)28-19-9-11-20(12-10-19)36-17-13-18-6-3-14-26-18/h4-5,7-12,15-16,18,26,29H,3,6,13-14,17H2,1-2H3,(H,28,31). The van der Waals surface area contributed by atoms with Gasteiger partial charge >= 0.3 is 0 Å². The van der Waals surface area contributed by atoms with Crippen LogP contribution >= 0.6 is 0 Å². The largest absolute Gasteiger partial charge is 0.494 e.